The van der Waals surface area contributed by atoms with Crippen LogP contribution in [0.2, 0.25) is 0 Å². The van der Waals surface area contributed by atoms with Crippen molar-refractivity contribution in [3.8, 4) is 0 Å². The van der Waals surface area contributed by atoms with E-state index in [9.17, 15) is 14.0 Å². The van der Waals surface area contributed by atoms with E-state index < -0.39 is 0 Å². The molecule has 25 heavy (non-hydrogen) atoms. The summed E-state index contributed by atoms with van der Waals surface area (Å²) in [6, 6.07) is 6.57. The lowest BCUT2D eigenvalue weighted by Gasteiger charge is -2.34. The molecule has 4 nitrogen and oxygen atoms in total. The van der Waals surface area contributed by atoms with Crippen LogP contribution in [0.5, 0.6) is 0 Å². The van der Waals surface area contributed by atoms with Crippen molar-refractivity contribution < 1.29 is 14.0 Å². The molecule has 3 atom stereocenters. The van der Waals surface area contributed by atoms with Crippen LogP contribution in [0.15, 0.2) is 24.3 Å². The number of benzene rings is 1. The van der Waals surface area contributed by atoms with Gasteiger partial charge in [-0.25, -0.2) is 4.39 Å². The van der Waals surface area contributed by atoms with E-state index >= 15 is 0 Å². The van der Waals surface area contributed by atoms with Crippen LogP contribution in [-0.4, -0.2) is 47.8 Å². The van der Waals surface area contributed by atoms with E-state index in [1.165, 1.54) is 12.1 Å². The number of piperidine rings is 1. The average Bonchev–Trinajstić information content (AvgIpc) is 3.25. The van der Waals surface area contributed by atoms with Crippen molar-refractivity contribution in [3.63, 3.8) is 0 Å². The molecule has 1 aliphatic carbocycles. The maximum absolute atomic E-state index is 13.4. The number of likely N-dealkylation sites (tertiary alicyclic amines) is 2. The summed E-state index contributed by atoms with van der Waals surface area (Å²) in [5.74, 6) is 0.188. The van der Waals surface area contributed by atoms with E-state index in [0.29, 0.717) is 6.54 Å². The van der Waals surface area contributed by atoms with Gasteiger partial charge in [0.15, 0.2) is 0 Å². The zero-order chi connectivity index (χ0) is 17.4. The second-order valence-electron chi connectivity index (χ2n) is 7.66. The van der Waals surface area contributed by atoms with E-state index in [2.05, 4.69) is 0 Å². The molecule has 0 N–H and O–H groups in total. The normalized spacial score (nSPS) is 28.9. The first-order valence-corrected chi connectivity index (χ1v) is 9.46. The predicted octanol–water partition coefficient (Wildman–Crippen LogP) is 2.79. The third-order valence-electron chi connectivity index (χ3n) is 5.88. The van der Waals surface area contributed by atoms with Crippen LogP contribution in [0.1, 0.15) is 43.6 Å². The Balaban J connectivity index is 1.37. The minimum Gasteiger partial charge on any atom is -0.342 e. The molecule has 2 heterocycles. The highest BCUT2D eigenvalue weighted by atomic mass is 19.1. The summed E-state index contributed by atoms with van der Waals surface area (Å²) in [5, 5.41) is 0. The van der Waals surface area contributed by atoms with Crippen LogP contribution in [0.4, 0.5) is 4.39 Å². The van der Waals surface area contributed by atoms with Gasteiger partial charge in [-0.15, -0.1) is 0 Å². The first kappa shape index (κ1) is 16.6. The van der Waals surface area contributed by atoms with Gasteiger partial charge in [-0.1, -0.05) is 12.1 Å². The summed E-state index contributed by atoms with van der Waals surface area (Å²) >= 11 is 0. The van der Waals surface area contributed by atoms with Crippen molar-refractivity contribution in [3.05, 3.63) is 35.6 Å². The lowest BCUT2D eigenvalue weighted by Crippen LogP contribution is -2.46. The highest BCUT2D eigenvalue weighted by Crippen LogP contribution is 2.48. The summed E-state index contributed by atoms with van der Waals surface area (Å²) in [4.78, 5) is 29.3. The zero-order valence-corrected chi connectivity index (χ0v) is 14.5. The molecule has 0 radical (unpaired) electrons. The maximum atomic E-state index is 13.4. The zero-order valence-electron chi connectivity index (χ0n) is 14.5. The summed E-state index contributed by atoms with van der Waals surface area (Å²) in [5.41, 5.74) is 0.917. The molecule has 4 rings (SSSR count). The molecular weight excluding hydrogens is 319 g/mol. The van der Waals surface area contributed by atoms with E-state index in [4.69, 9.17) is 0 Å². The number of carbonyl (C=O) groups excluding carboxylic acids is 2. The summed E-state index contributed by atoms with van der Waals surface area (Å²) in [6.07, 6.45) is 4.77. The molecule has 5 heteroatoms. The van der Waals surface area contributed by atoms with Crippen LogP contribution in [-0.2, 0) is 9.59 Å². The van der Waals surface area contributed by atoms with E-state index in [1.807, 2.05) is 15.9 Å². The van der Waals surface area contributed by atoms with Crippen LogP contribution in [0.25, 0.3) is 0 Å². The number of amides is 2. The molecule has 0 bridgehead atoms. The monoisotopic (exact) mass is 344 g/mol. The molecule has 2 aliphatic heterocycles. The second kappa shape index (κ2) is 6.77. The molecule has 2 saturated heterocycles. The number of nitrogens with zero attached hydrogens (tertiary/aromatic N) is 2. The molecule has 1 saturated carbocycles. The highest BCUT2D eigenvalue weighted by molar-refractivity contribution is 5.85. The second-order valence-corrected chi connectivity index (χ2v) is 7.66. The smallest absolute Gasteiger partial charge is 0.227 e. The van der Waals surface area contributed by atoms with Gasteiger partial charge in [0, 0.05) is 32.1 Å². The van der Waals surface area contributed by atoms with Gasteiger partial charge in [0.1, 0.15) is 5.82 Å². The molecule has 2 amide bonds. The Morgan fingerprint density at radius 1 is 1.00 bits per heavy atom. The van der Waals surface area contributed by atoms with Gasteiger partial charge in [0.05, 0.1) is 5.92 Å². The van der Waals surface area contributed by atoms with E-state index in [0.717, 1.165) is 57.3 Å². The largest absolute Gasteiger partial charge is 0.342 e. The Hall–Kier alpha value is -1.91. The Morgan fingerprint density at radius 3 is 2.52 bits per heavy atom. The van der Waals surface area contributed by atoms with Gasteiger partial charge in [-0.05, 0) is 55.7 Å². The number of halogens is 1. The van der Waals surface area contributed by atoms with Crippen molar-refractivity contribution in [1.82, 2.24) is 9.80 Å². The number of hydrogen-bond donors (Lipinski definition) is 0. The summed E-state index contributed by atoms with van der Waals surface area (Å²) in [7, 11) is 0. The van der Waals surface area contributed by atoms with Gasteiger partial charge < -0.3 is 9.80 Å². The van der Waals surface area contributed by atoms with Crippen LogP contribution < -0.4 is 0 Å². The third kappa shape index (κ3) is 3.42. The lowest BCUT2D eigenvalue weighted by atomic mass is 9.96. The third-order valence-corrected chi connectivity index (χ3v) is 5.88. The number of rotatable bonds is 3. The van der Waals surface area contributed by atoms with E-state index in [-0.39, 0.29) is 35.4 Å². The van der Waals surface area contributed by atoms with Gasteiger partial charge in [0.2, 0.25) is 11.8 Å². The SMILES string of the molecule is O=C(C1CCCN(C(=O)C2CC2c2cccc(F)c2)C1)N1CCCC1. The molecular formula is C20H25FN2O2. The van der Waals surface area contributed by atoms with Gasteiger partial charge >= 0.3 is 0 Å². The predicted molar refractivity (Wildman–Crippen MR) is 92.4 cm³/mol. The Bertz CT molecular complexity index is 671. The van der Waals surface area contributed by atoms with Gasteiger partial charge in [0.25, 0.3) is 0 Å². The molecule has 1 aromatic rings. The first-order valence-electron chi connectivity index (χ1n) is 9.46. The topological polar surface area (TPSA) is 40.6 Å². The quantitative estimate of drug-likeness (QED) is 0.846. The van der Waals surface area contributed by atoms with Crippen molar-refractivity contribution in [2.24, 2.45) is 11.8 Å². The fraction of sp³-hybridized carbons (Fsp3) is 0.600. The lowest BCUT2D eigenvalue weighted by molar-refractivity contribution is -0.140. The standard InChI is InChI=1S/C20H25FN2O2/c21-16-7-3-5-14(11-16)17-12-18(17)20(25)23-10-4-6-15(13-23)19(24)22-8-1-2-9-22/h3,5,7,11,15,17-18H,1-2,4,6,8-10,12-13H2. The van der Waals surface area contributed by atoms with Crippen molar-refractivity contribution in [1.29, 1.82) is 0 Å². The van der Waals surface area contributed by atoms with Crippen LogP contribution in [0, 0.1) is 17.7 Å². The number of carbonyl (C=O) groups is 2. The molecule has 3 fully saturated rings. The fourth-order valence-electron chi connectivity index (χ4n) is 4.38. The molecule has 3 aliphatic rings. The molecule has 134 valence electrons. The Kier molecular flexibility index (Phi) is 4.48. The minimum absolute atomic E-state index is 0.0394. The van der Waals surface area contributed by atoms with Gasteiger partial charge in [-0.2, -0.15) is 0 Å². The summed E-state index contributed by atoms with van der Waals surface area (Å²) < 4.78 is 13.4. The molecule has 0 aromatic heterocycles. The van der Waals surface area contributed by atoms with Crippen LogP contribution >= 0.6 is 0 Å². The average molecular weight is 344 g/mol. The van der Waals surface area contributed by atoms with E-state index in [1.54, 1.807) is 6.07 Å². The maximum Gasteiger partial charge on any atom is 0.227 e. The first-order chi connectivity index (χ1) is 12.1. The van der Waals surface area contributed by atoms with Crippen LogP contribution in [0.3, 0.4) is 0 Å². The van der Waals surface area contributed by atoms with Crippen molar-refractivity contribution >= 4 is 11.8 Å². The molecule has 3 unspecified atom stereocenters. The Labute approximate surface area is 148 Å². The Morgan fingerprint density at radius 2 is 1.76 bits per heavy atom. The molecule has 1 aromatic carbocycles. The van der Waals surface area contributed by atoms with Gasteiger partial charge in [-0.3, -0.25) is 9.59 Å². The highest BCUT2D eigenvalue weighted by Gasteiger charge is 2.47. The fourth-order valence-corrected chi connectivity index (χ4v) is 4.38. The van der Waals surface area contributed by atoms with Crippen molar-refractivity contribution in [2.75, 3.05) is 26.2 Å². The molecule has 0 spiro atoms. The minimum atomic E-state index is -0.246. The van der Waals surface area contributed by atoms with Crippen molar-refractivity contribution in [2.45, 2.75) is 38.0 Å². The summed E-state index contributed by atoms with van der Waals surface area (Å²) in [6.45, 7) is 3.04. The number of hydrogen-bond acceptors (Lipinski definition) is 2.